The van der Waals surface area contributed by atoms with E-state index >= 15 is 0 Å². The molecule has 0 saturated carbocycles. The number of hydrogen-bond acceptors (Lipinski definition) is 4. The number of likely N-dealkylation sites (N-methyl/N-ethyl adjacent to an activating group) is 1. The smallest absolute Gasteiger partial charge is 0.243 e. The van der Waals surface area contributed by atoms with Crippen LogP contribution in [0.15, 0.2) is 40.2 Å². The Morgan fingerprint density at radius 2 is 1.85 bits per heavy atom. The molecule has 1 amide bonds. The summed E-state index contributed by atoms with van der Waals surface area (Å²) in [5.41, 5.74) is 0. The molecule has 0 aliphatic carbocycles. The van der Waals surface area contributed by atoms with Crippen molar-refractivity contribution in [2.24, 2.45) is 4.99 Å². The fourth-order valence-corrected chi connectivity index (χ4v) is 2.86. The second-order valence-corrected chi connectivity index (χ2v) is 7.76. The molecule has 6 nitrogen and oxygen atoms in total. The average Bonchev–Trinajstić information content (AvgIpc) is 2.65. The number of thioether (sulfide) groups is 1. The van der Waals surface area contributed by atoms with Crippen molar-refractivity contribution in [2.75, 3.05) is 46.1 Å². The highest BCUT2D eigenvalue weighted by atomic mass is 32.2. The SMILES string of the molecule is CC(C)OCCCCNC(=NCC(=O)N(C)C)NCCSc1ccccc1. The Morgan fingerprint density at radius 3 is 2.52 bits per heavy atom. The summed E-state index contributed by atoms with van der Waals surface area (Å²) < 4.78 is 5.55. The molecule has 7 heteroatoms. The van der Waals surface area contributed by atoms with Crippen molar-refractivity contribution in [2.45, 2.75) is 37.7 Å². The van der Waals surface area contributed by atoms with Crippen LogP contribution in [0, 0.1) is 0 Å². The van der Waals surface area contributed by atoms with Crippen LogP contribution < -0.4 is 10.6 Å². The van der Waals surface area contributed by atoms with Crippen molar-refractivity contribution in [1.82, 2.24) is 15.5 Å². The Hall–Kier alpha value is -1.73. The van der Waals surface area contributed by atoms with Crippen LogP contribution in [0.2, 0.25) is 0 Å². The summed E-state index contributed by atoms with van der Waals surface area (Å²) >= 11 is 1.79. The molecule has 152 valence electrons. The second-order valence-electron chi connectivity index (χ2n) is 6.59. The highest BCUT2D eigenvalue weighted by molar-refractivity contribution is 7.99. The van der Waals surface area contributed by atoms with Gasteiger partial charge in [-0.2, -0.15) is 0 Å². The number of aliphatic imine (C=N–C) groups is 1. The van der Waals surface area contributed by atoms with E-state index in [-0.39, 0.29) is 18.6 Å². The Kier molecular flexibility index (Phi) is 12.4. The molecule has 0 radical (unpaired) electrons. The van der Waals surface area contributed by atoms with Gasteiger partial charge in [0.2, 0.25) is 5.91 Å². The zero-order valence-electron chi connectivity index (χ0n) is 17.0. The van der Waals surface area contributed by atoms with E-state index in [2.05, 4.69) is 27.8 Å². The van der Waals surface area contributed by atoms with E-state index in [0.717, 1.165) is 38.3 Å². The summed E-state index contributed by atoms with van der Waals surface area (Å²) in [6, 6.07) is 10.3. The van der Waals surface area contributed by atoms with Crippen LogP contribution in [0.3, 0.4) is 0 Å². The Morgan fingerprint density at radius 1 is 1.15 bits per heavy atom. The summed E-state index contributed by atoms with van der Waals surface area (Å²) in [6.07, 6.45) is 2.27. The minimum atomic E-state index is -0.0138. The lowest BCUT2D eigenvalue weighted by Crippen LogP contribution is -2.40. The normalized spacial score (nSPS) is 11.5. The Labute approximate surface area is 168 Å². The number of carbonyl (C=O) groups is 1. The van der Waals surface area contributed by atoms with Crippen LogP contribution in [0.4, 0.5) is 0 Å². The van der Waals surface area contributed by atoms with E-state index in [1.54, 1.807) is 30.8 Å². The topological polar surface area (TPSA) is 66.0 Å². The summed E-state index contributed by atoms with van der Waals surface area (Å²) in [5.74, 6) is 1.60. The zero-order chi connectivity index (χ0) is 19.9. The van der Waals surface area contributed by atoms with Crippen LogP contribution in [-0.2, 0) is 9.53 Å². The van der Waals surface area contributed by atoms with Crippen molar-refractivity contribution in [3.05, 3.63) is 30.3 Å². The van der Waals surface area contributed by atoms with Crippen LogP contribution in [0.25, 0.3) is 0 Å². The maximum atomic E-state index is 11.8. The number of nitrogens with zero attached hydrogens (tertiary/aromatic N) is 2. The maximum Gasteiger partial charge on any atom is 0.243 e. The van der Waals surface area contributed by atoms with Crippen molar-refractivity contribution >= 4 is 23.6 Å². The molecule has 0 unspecified atom stereocenters. The average molecular weight is 395 g/mol. The van der Waals surface area contributed by atoms with Gasteiger partial charge in [0.05, 0.1) is 6.10 Å². The molecule has 1 aromatic rings. The van der Waals surface area contributed by atoms with Gasteiger partial charge in [0.15, 0.2) is 5.96 Å². The van der Waals surface area contributed by atoms with Crippen molar-refractivity contribution in [3.63, 3.8) is 0 Å². The molecule has 0 bridgehead atoms. The number of benzene rings is 1. The molecule has 2 N–H and O–H groups in total. The van der Waals surface area contributed by atoms with Gasteiger partial charge in [-0.25, -0.2) is 4.99 Å². The van der Waals surface area contributed by atoms with Gasteiger partial charge in [-0.05, 0) is 38.8 Å². The van der Waals surface area contributed by atoms with Crippen LogP contribution in [0.1, 0.15) is 26.7 Å². The second kappa shape index (κ2) is 14.3. The summed E-state index contributed by atoms with van der Waals surface area (Å²) in [7, 11) is 3.48. The predicted molar refractivity (Wildman–Crippen MR) is 114 cm³/mol. The first-order chi connectivity index (χ1) is 13.0. The van der Waals surface area contributed by atoms with Gasteiger partial charge in [-0.1, -0.05) is 18.2 Å². The van der Waals surface area contributed by atoms with E-state index in [1.165, 1.54) is 4.90 Å². The molecular formula is C20H34N4O2S. The molecule has 0 fully saturated rings. The van der Waals surface area contributed by atoms with Gasteiger partial charge < -0.3 is 20.3 Å². The van der Waals surface area contributed by atoms with Gasteiger partial charge in [0.25, 0.3) is 0 Å². The minimum absolute atomic E-state index is 0.0138. The van der Waals surface area contributed by atoms with Gasteiger partial charge in [0, 0.05) is 44.4 Å². The van der Waals surface area contributed by atoms with E-state index < -0.39 is 0 Å². The van der Waals surface area contributed by atoms with Gasteiger partial charge in [0.1, 0.15) is 6.54 Å². The molecule has 27 heavy (non-hydrogen) atoms. The maximum absolute atomic E-state index is 11.8. The monoisotopic (exact) mass is 394 g/mol. The number of carbonyl (C=O) groups excluding carboxylic acids is 1. The highest BCUT2D eigenvalue weighted by Crippen LogP contribution is 2.15. The first-order valence-electron chi connectivity index (χ1n) is 9.51. The van der Waals surface area contributed by atoms with Crippen LogP contribution in [-0.4, -0.2) is 69.0 Å². The lowest BCUT2D eigenvalue weighted by molar-refractivity contribution is -0.127. The molecular weight excluding hydrogens is 360 g/mol. The molecule has 0 saturated heterocycles. The van der Waals surface area contributed by atoms with Crippen molar-refractivity contribution in [3.8, 4) is 0 Å². The molecule has 0 heterocycles. The zero-order valence-corrected chi connectivity index (χ0v) is 17.8. The predicted octanol–water partition coefficient (Wildman–Crippen LogP) is 2.61. The Balaban J connectivity index is 2.35. The third kappa shape index (κ3) is 12.3. The number of guanidine groups is 1. The third-order valence-electron chi connectivity index (χ3n) is 3.59. The van der Waals surface area contributed by atoms with Gasteiger partial charge in [-0.3, -0.25) is 4.79 Å². The van der Waals surface area contributed by atoms with Crippen LogP contribution >= 0.6 is 11.8 Å². The number of nitrogens with one attached hydrogen (secondary N) is 2. The first kappa shape index (κ1) is 23.3. The number of amides is 1. The lowest BCUT2D eigenvalue weighted by Gasteiger charge is -2.14. The number of ether oxygens (including phenoxy) is 1. The number of hydrogen-bond donors (Lipinski definition) is 2. The summed E-state index contributed by atoms with van der Waals surface area (Å²) in [6.45, 7) is 6.58. The molecule has 1 rings (SSSR count). The fourth-order valence-electron chi connectivity index (χ4n) is 2.07. The van der Waals surface area contributed by atoms with E-state index in [9.17, 15) is 4.79 Å². The van der Waals surface area contributed by atoms with Crippen LogP contribution in [0.5, 0.6) is 0 Å². The van der Waals surface area contributed by atoms with Crippen molar-refractivity contribution in [1.29, 1.82) is 0 Å². The number of rotatable bonds is 12. The van der Waals surface area contributed by atoms with Crippen molar-refractivity contribution < 1.29 is 9.53 Å². The van der Waals surface area contributed by atoms with E-state index in [1.807, 2.05) is 32.0 Å². The molecule has 0 aromatic heterocycles. The standard InChI is InChI=1S/C20H34N4O2S/c1-17(2)26-14-9-8-12-21-20(23-16-19(25)24(3)4)22-13-15-27-18-10-6-5-7-11-18/h5-7,10-11,17H,8-9,12-16H2,1-4H3,(H2,21,22,23). The fraction of sp³-hybridized carbons (Fsp3) is 0.600. The van der Waals surface area contributed by atoms with E-state index in [0.29, 0.717) is 5.96 Å². The molecule has 1 aromatic carbocycles. The van der Waals surface area contributed by atoms with E-state index in [4.69, 9.17) is 4.74 Å². The molecule has 0 spiro atoms. The summed E-state index contributed by atoms with van der Waals surface area (Å²) in [4.78, 5) is 19.0. The Bertz CT molecular complexity index is 550. The third-order valence-corrected chi connectivity index (χ3v) is 4.61. The molecule has 0 aliphatic rings. The lowest BCUT2D eigenvalue weighted by atomic mass is 10.3. The first-order valence-corrected chi connectivity index (χ1v) is 10.5. The molecule has 0 atom stereocenters. The highest BCUT2D eigenvalue weighted by Gasteiger charge is 2.04. The van der Waals surface area contributed by atoms with Gasteiger partial charge >= 0.3 is 0 Å². The minimum Gasteiger partial charge on any atom is -0.379 e. The molecule has 0 aliphatic heterocycles. The number of unbranched alkanes of at least 4 members (excludes halogenated alkanes) is 1. The largest absolute Gasteiger partial charge is 0.379 e. The summed E-state index contributed by atoms with van der Waals surface area (Å²) in [5, 5.41) is 6.61. The quantitative estimate of drug-likeness (QED) is 0.247. The van der Waals surface area contributed by atoms with Gasteiger partial charge in [-0.15, -0.1) is 11.8 Å².